The van der Waals surface area contributed by atoms with Gasteiger partial charge in [0.2, 0.25) is 0 Å². The summed E-state index contributed by atoms with van der Waals surface area (Å²) in [6.45, 7) is 2.58. The van der Waals surface area contributed by atoms with Crippen LogP contribution in [0.4, 0.5) is 0 Å². The maximum absolute atomic E-state index is 9.33. The van der Waals surface area contributed by atoms with E-state index in [0.29, 0.717) is 12.5 Å². The summed E-state index contributed by atoms with van der Waals surface area (Å²) in [7, 11) is 0. The van der Waals surface area contributed by atoms with Crippen LogP contribution in [0.25, 0.3) is 0 Å². The summed E-state index contributed by atoms with van der Waals surface area (Å²) in [5.41, 5.74) is -0.101. The number of hydrogen-bond donors (Lipinski definition) is 2. The van der Waals surface area contributed by atoms with Crippen LogP contribution in [0, 0.1) is 5.92 Å². The molecule has 3 heteroatoms. The Balaban J connectivity index is 2.00. The molecule has 1 heterocycles. The first-order valence-electron chi connectivity index (χ1n) is 4.81. The van der Waals surface area contributed by atoms with Gasteiger partial charge in [0.1, 0.15) is 0 Å². The normalized spacial score (nSPS) is 37.8. The van der Waals surface area contributed by atoms with E-state index in [4.69, 9.17) is 4.74 Å². The Kier molecular flexibility index (Phi) is 2.35. The highest BCUT2D eigenvalue weighted by Gasteiger charge is 2.42. The van der Waals surface area contributed by atoms with E-state index in [9.17, 15) is 5.11 Å². The molecule has 1 aliphatic heterocycles. The predicted octanol–water partition coefficient (Wildman–Crippen LogP) is 0.137. The molecule has 2 rings (SSSR count). The lowest BCUT2D eigenvalue weighted by molar-refractivity contribution is -0.0494. The minimum Gasteiger partial charge on any atom is -0.394 e. The Morgan fingerprint density at radius 2 is 2.33 bits per heavy atom. The fourth-order valence-corrected chi connectivity index (χ4v) is 2.13. The van der Waals surface area contributed by atoms with Gasteiger partial charge in [0.15, 0.2) is 0 Å². The molecule has 0 amide bonds. The molecular formula is C9H17NO2. The smallest absolute Gasteiger partial charge is 0.0680 e. The van der Waals surface area contributed by atoms with E-state index in [1.54, 1.807) is 0 Å². The van der Waals surface area contributed by atoms with Crippen molar-refractivity contribution >= 4 is 0 Å². The zero-order valence-electron chi connectivity index (χ0n) is 7.38. The molecule has 2 N–H and O–H groups in total. The lowest BCUT2D eigenvalue weighted by atomic mass is 9.71. The molecule has 1 aliphatic carbocycles. The van der Waals surface area contributed by atoms with Crippen LogP contribution in [-0.4, -0.2) is 37.0 Å². The summed E-state index contributed by atoms with van der Waals surface area (Å²) in [5, 5.41) is 12.7. The molecule has 0 aromatic heterocycles. The summed E-state index contributed by atoms with van der Waals surface area (Å²) < 4.78 is 5.41. The zero-order valence-corrected chi connectivity index (χ0v) is 7.38. The van der Waals surface area contributed by atoms with Gasteiger partial charge in [0.05, 0.1) is 25.4 Å². The summed E-state index contributed by atoms with van der Waals surface area (Å²) >= 11 is 0. The molecule has 0 aromatic rings. The Morgan fingerprint density at radius 1 is 1.50 bits per heavy atom. The molecule has 1 atom stereocenters. The van der Waals surface area contributed by atoms with Crippen molar-refractivity contribution in [3.05, 3.63) is 0 Å². The topological polar surface area (TPSA) is 41.5 Å². The number of nitrogens with one attached hydrogen (secondary N) is 1. The number of ether oxygens (including phenoxy) is 1. The second kappa shape index (κ2) is 3.32. The molecule has 2 aliphatic rings. The van der Waals surface area contributed by atoms with Gasteiger partial charge in [-0.05, 0) is 18.8 Å². The molecule has 1 unspecified atom stereocenters. The molecule has 12 heavy (non-hydrogen) atoms. The number of hydrogen-bond acceptors (Lipinski definition) is 3. The van der Waals surface area contributed by atoms with Crippen LogP contribution in [0.5, 0.6) is 0 Å². The molecular weight excluding hydrogens is 154 g/mol. The number of morpholine rings is 1. The standard InChI is InChI=1S/C9H17NO2/c11-6-9(8-2-1-3-8)7-12-5-4-10-9/h8,10-11H,1-7H2. The molecule has 2 fully saturated rings. The van der Waals surface area contributed by atoms with Gasteiger partial charge in [-0.15, -0.1) is 0 Å². The third kappa shape index (κ3) is 1.26. The molecule has 0 aromatic carbocycles. The van der Waals surface area contributed by atoms with E-state index in [-0.39, 0.29) is 12.1 Å². The predicted molar refractivity (Wildman–Crippen MR) is 46.0 cm³/mol. The summed E-state index contributed by atoms with van der Waals surface area (Å²) in [4.78, 5) is 0. The van der Waals surface area contributed by atoms with E-state index in [2.05, 4.69) is 5.32 Å². The summed E-state index contributed by atoms with van der Waals surface area (Å²) in [5.74, 6) is 0.641. The van der Waals surface area contributed by atoms with Crippen molar-refractivity contribution in [2.75, 3.05) is 26.4 Å². The highest BCUT2D eigenvalue weighted by Crippen LogP contribution is 2.36. The van der Waals surface area contributed by atoms with E-state index in [1.165, 1.54) is 19.3 Å². The van der Waals surface area contributed by atoms with E-state index in [0.717, 1.165) is 13.2 Å². The van der Waals surface area contributed by atoms with E-state index < -0.39 is 0 Å². The van der Waals surface area contributed by atoms with Gasteiger partial charge in [-0.1, -0.05) is 6.42 Å². The van der Waals surface area contributed by atoms with Crippen LogP contribution in [0.15, 0.2) is 0 Å². The fraction of sp³-hybridized carbons (Fsp3) is 1.00. The van der Waals surface area contributed by atoms with Gasteiger partial charge in [-0.2, -0.15) is 0 Å². The van der Waals surface area contributed by atoms with Gasteiger partial charge in [-0.3, -0.25) is 0 Å². The maximum Gasteiger partial charge on any atom is 0.0680 e. The van der Waals surface area contributed by atoms with Crippen molar-refractivity contribution in [3.63, 3.8) is 0 Å². The zero-order chi connectivity index (χ0) is 8.44. The molecule has 0 spiro atoms. The quantitative estimate of drug-likeness (QED) is 0.621. The molecule has 1 saturated heterocycles. The summed E-state index contributed by atoms with van der Waals surface area (Å²) in [6.07, 6.45) is 3.81. The lowest BCUT2D eigenvalue weighted by Gasteiger charge is -2.46. The van der Waals surface area contributed by atoms with Crippen LogP contribution in [0.1, 0.15) is 19.3 Å². The highest BCUT2D eigenvalue weighted by molar-refractivity contribution is 4.99. The molecule has 0 bridgehead atoms. The van der Waals surface area contributed by atoms with Gasteiger partial charge < -0.3 is 15.2 Å². The van der Waals surface area contributed by atoms with Crippen LogP contribution >= 0.6 is 0 Å². The molecule has 70 valence electrons. The second-order valence-corrected chi connectivity index (χ2v) is 3.92. The van der Waals surface area contributed by atoms with Crippen molar-refractivity contribution in [1.82, 2.24) is 5.32 Å². The first-order chi connectivity index (χ1) is 5.87. The first-order valence-corrected chi connectivity index (χ1v) is 4.81. The molecule has 3 nitrogen and oxygen atoms in total. The number of aliphatic hydroxyl groups excluding tert-OH is 1. The fourth-order valence-electron chi connectivity index (χ4n) is 2.13. The Morgan fingerprint density at radius 3 is 2.75 bits per heavy atom. The Labute approximate surface area is 73.1 Å². The monoisotopic (exact) mass is 171 g/mol. The van der Waals surface area contributed by atoms with Gasteiger partial charge in [-0.25, -0.2) is 0 Å². The van der Waals surface area contributed by atoms with Gasteiger partial charge in [0, 0.05) is 6.54 Å². The average Bonchev–Trinajstić information content (AvgIpc) is 2.03. The maximum atomic E-state index is 9.33. The second-order valence-electron chi connectivity index (χ2n) is 3.92. The lowest BCUT2D eigenvalue weighted by Crippen LogP contribution is -2.62. The Hall–Kier alpha value is -0.120. The SMILES string of the molecule is OCC1(C2CCC2)COCCN1. The van der Waals surface area contributed by atoms with E-state index in [1.807, 2.05) is 0 Å². The third-order valence-corrected chi connectivity index (χ3v) is 3.25. The van der Waals surface area contributed by atoms with Crippen molar-refractivity contribution in [1.29, 1.82) is 0 Å². The largest absolute Gasteiger partial charge is 0.394 e. The average molecular weight is 171 g/mol. The van der Waals surface area contributed by atoms with Crippen molar-refractivity contribution in [2.45, 2.75) is 24.8 Å². The van der Waals surface area contributed by atoms with Crippen LogP contribution in [-0.2, 0) is 4.74 Å². The van der Waals surface area contributed by atoms with Crippen LogP contribution in [0.3, 0.4) is 0 Å². The van der Waals surface area contributed by atoms with Crippen molar-refractivity contribution in [3.8, 4) is 0 Å². The Bertz CT molecular complexity index is 151. The van der Waals surface area contributed by atoms with Crippen molar-refractivity contribution < 1.29 is 9.84 Å². The van der Waals surface area contributed by atoms with Crippen molar-refractivity contribution in [2.24, 2.45) is 5.92 Å². The molecule has 1 saturated carbocycles. The minimum absolute atomic E-state index is 0.101. The third-order valence-electron chi connectivity index (χ3n) is 3.25. The molecule has 0 radical (unpaired) electrons. The number of aliphatic hydroxyl groups is 1. The highest BCUT2D eigenvalue weighted by atomic mass is 16.5. The summed E-state index contributed by atoms with van der Waals surface area (Å²) in [6, 6.07) is 0. The van der Waals surface area contributed by atoms with Gasteiger partial charge in [0.25, 0.3) is 0 Å². The number of rotatable bonds is 2. The van der Waals surface area contributed by atoms with Crippen LogP contribution < -0.4 is 5.32 Å². The van der Waals surface area contributed by atoms with Crippen LogP contribution in [0.2, 0.25) is 0 Å². The van der Waals surface area contributed by atoms with Gasteiger partial charge >= 0.3 is 0 Å². The minimum atomic E-state index is -0.101. The first kappa shape index (κ1) is 8.48. The van der Waals surface area contributed by atoms with E-state index >= 15 is 0 Å².